The van der Waals surface area contributed by atoms with Crippen LogP contribution in [0.25, 0.3) is 21.5 Å². The van der Waals surface area contributed by atoms with E-state index in [0.29, 0.717) is 12.4 Å². The van der Waals surface area contributed by atoms with Crippen molar-refractivity contribution in [2.75, 3.05) is 6.61 Å². The van der Waals surface area contributed by atoms with Crippen LogP contribution in [0.4, 0.5) is 4.79 Å². The molecule has 0 aliphatic rings. The van der Waals surface area contributed by atoms with Gasteiger partial charge in [0.25, 0.3) is 0 Å². The number of fused-ring (bicyclic) bond motifs is 2. The summed E-state index contributed by atoms with van der Waals surface area (Å²) in [5.74, 6) is 0.571. The van der Waals surface area contributed by atoms with Gasteiger partial charge in [-0.1, -0.05) is 56.3 Å². The molecule has 0 aliphatic carbocycles. The minimum atomic E-state index is -0.649. The molecule has 0 heterocycles. The van der Waals surface area contributed by atoms with Crippen molar-refractivity contribution in [2.24, 2.45) is 0 Å². The average molecular weight is 308 g/mol. The van der Waals surface area contributed by atoms with Crippen molar-refractivity contribution in [3.8, 4) is 5.75 Å². The molecule has 0 fully saturated rings. The van der Waals surface area contributed by atoms with E-state index in [1.54, 1.807) is 0 Å². The highest BCUT2D eigenvalue weighted by Crippen LogP contribution is 2.35. The van der Waals surface area contributed by atoms with Crippen LogP contribution in [-0.4, -0.2) is 12.8 Å². The third-order valence-electron chi connectivity index (χ3n) is 3.89. The van der Waals surface area contributed by atoms with Gasteiger partial charge in [-0.15, -0.1) is 0 Å². The quantitative estimate of drug-likeness (QED) is 0.363. The predicted molar refractivity (Wildman–Crippen MR) is 93.1 cm³/mol. The van der Waals surface area contributed by atoms with Crippen molar-refractivity contribution in [1.82, 2.24) is 0 Å². The van der Waals surface area contributed by atoms with Crippen molar-refractivity contribution in [3.05, 3.63) is 54.1 Å². The number of ether oxygens (including phenoxy) is 2. The second-order valence-electron chi connectivity index (χ2n) is 5.54. The van der Waals surface area contributed by atoms with Crippen LogP contribution in [-0.2, 0) is 11.2 Å². The Hall–Kier alpha value is -2.55. The first-order valence-corrected chi connectivity index (χ1v) is 8.02. The molecule has 0 bridgehead atoms. The Kier molecular flexibility index (Phi) is 4.47. The van der Waals surface area contributed by atoms with Gasteiger partial charge >= 0.3 is 6.16 Å². The van der Waals surface area contributed by atoms with Gasteiger partial charge in [0.2, 0.25) is 0 Å². The van der Waals surface area contributed by atoms with Gasteiger partial charge in [-0.05, 0) is 35.2 Å². The van der Waals surface area contributed by atoms with Crippen LogP contribution >= 0.6 is 0 Å². The Morgan fingerprint density at radius 2 is 1.74 bits per heavy atom. The molecule has 0 radical (unpaired) electrons. The molecule has 0 saturated heterocycles. The summed E-state index contributed by atoms with van der Waals surface area (Å²) in [6.45, 7) is 4.44. The maximum atomic E-state index is 11.9. The molecule has 0 saturated carbocycles. The Morgan fingerprint density at radius 1 is 0.957 bits per heavy atom. The molecule has 0 N–H and O–H groups in total. The minimum absolute atomic E-state index is 0.363. The monoisotopic (exact) mass is 308 g/mol. The zero-order valence-corrected chi connectivity index (χ0v) is 13.5. The number of benzene rings is 3. The highest BCUT2D eigenvalue weighted by molar-refractivity contribution is 6.06. The molecular formula is C20H20O3. The van der Waals surface area contributed by atoms with Gasteiger partial charge in [0.05, 0.1) is 6.61 Å². The summed E-state index contributed by atoms with van der Waals surface area (Å²) < 4.78 is 10.6. The van der Waals surface area contributed by atoms with E-state index in [0.717, 1.165) is 34.4 Å². The van der Waals surface area contributed by atoms with Gasteiger partial charge in [0.1, 0.15) is 5.75 Å². The summed E-state index contributed by atoms with van der Waals surface area (Å²) in [5, 5.41) is 3.96. The largest absolute Gasteiger partial charge is 0.513 e. The molecule has 0 amide bonds. The van der Waals surface area contributed by atoms with Crippen LogP contribution in [0.5, 0.6) is 5.75 Å². The van der Waals surface area contributed by atoms with Crippen LogP contribution in [0.15, 0.2) is 48.5 Å². The van der Waals surface area contributed by atoms with E-state index >= 15 is 0 Å². The molecule has 23 heavy (non-hydrogen) atoms. The first-order chi connectivity index (χ1) is 11.2. The first kappa shape index (κ1) is 15.3. The second-order valence-corrected chi connectivity index (χ2v) is 5.54. The predicted octanol–water partition coefficient (Wildman–Crippen LogP) is 5.48. The van der Waals surface area contributed by atoms with E-state index in [1.165, 1.54) is 5.56 Å². The van der Waals surface area contributed by atoms with Gasteiger partial charge in [0, 0.05) is 10.8 Å². The number of hydrogen-bond acceptors (Lipinski definition) is 3. The smallest absolute Gasteiger partial charge is 0.434 e. The number of aryl methyl sites for hydroxylation is 1. The molecule has 0 atom stereocenters. The van der Waals surface area contributed by atoms with Gasteiger partial charge < -0.3 is 9.47 Å². The number of carbonyl (C=O) groups excluding carboxylic acids is 1. The van der Waals surface area contributed by atoms with Crippen molar-refractivity contribution in [3.63, 3.8) is 0 Å². The van der Waals surface area contributed by atoms with Gasteiger partial charge in [-0.25, -0.2) is 4.79 Å². The molecule has 3 aromatic carbocycles. The van der Waals surface area contributed by atoms with E-state index in [9.17, 15) is 4.79 Å². The molecule has 0 aliphatic heterocycles. The molecular weight excluding hydrogens is 288 g/mol. The summed E-state index contributed by atoms with van der Waals surface area (Å²) in [6, 6.07) is 16.3. The Bertz CT molecular complexity index is 852. The molecule has 0 spiro atoms. The zero-order valence-electron chi connectivity index (χ0n) is 13.5. The zero-order chi connectivity index (χ0) is 16.2. The lowest BCUT2D eigenvalue weighted by Crippen LogP contribution is -2.11. The van der Waals surface area contributed by atoms with E-state index < -0.39 is 6.16 Å². The highest BCUT2D eigenvalue weighted by Gasteiger charge is 2.14. The molecule has 118 valence electrons. The van der Waals surface area contributed by atoms with E-state index in [4.69, 9.17) is 9.47 Å². The fraction of sp³-hybridized carbons (Fsp3) is 0.250. The van der Waals surface area contributed by atoms with Crippen molar-refractivity contribution in [1.29, 1.82) is 0 Å². The summed E-state index contributed by atoms with van der Waals surface area (Å²) in [4.78, 5) is 11.9. The highest BCUT2D eigenvalue weighted by atomic mass is 16.7. The minimum Gasteiger partial charge on any atom is -0.434 e. The summed E-state index contributed by atoms with van der Waals surface area (Å²) in [6.07, 6.45) is 1.09. The lowest BCUT2D eigenvalue weighted by Gasteiger charge is -2.12. The number of rotatable bonds is 4. The first-order valence-electron chi connectivity index (χ1n) is 8.02. The molecule has 3 heteroatoms. The average Bonchev–Trinajstić information content (AvgIpc) is 2.59. The topological polar surface area (TPSA) is 35.5 Å². The van der Waals surface area contributed by atoms with E-state index in [-0.39, 0.29) is 0 Å². The lowest BCUT2D eigenvalue weighted by atomic mass is 9.99. The van der Waals surface area contributed by atoms with Crippen molar-refractivity contribution < 1.29 is 14.3 Å². The lowest BCUT2D eigenvalue weighted by molar-refractivity contribution is 0.100. The van der Waals surface area contributed by atoms with Crippen LogP contribution < -0.4 is 4.74 Å². The third-order valence-corrected chi connectivity index (χ3v) is 3.89. The molecule has 3 aromatic rings. The van der Waals surface area contributed by atoms with E-state index in [1.807, 2.05) is 37.3 Å². The second kappa shape index (κ2) is 6.69. The summed E-state index contributed by atoms with van der Waals surface area (Å²) in [5.41, 5.74) is 1.26. The molecule has 3 rings (SSSR count). The normalized spacial score (nSPS) is 10.9. The summed E-state index contributed by atoms with van der Waals surface area (Å²) in [7, 11) is 0. The standard InChI is InChI=1S/C20H20O3/c1-3-11-22-20(21)23-19-17-8-6-5-7-15(17)13-16-12-14(4-2)9-10-18(16)19/h5-10,12-13H,3-4,11H2,1-2H3. The van der Waals surface area contributed by atoms with E-state index in [2.05, 4.69) is 25.1 Å². The maximum absolute atomic E-state index is 11.9. The van der Waals surface area contributed by atoms with Crippen LogP contribution in [0.2, 0.25) is 0 Å². The van der Waals surface area contributed by atoms with Crippen LogP contribution in [0, 0.1) is 0 Å². The van der Waals surface area contributed by atoms with Crippen LogP contribution in [0.1, 0.15) is 25.8 Å². The van der Waals surface area contributed by atoms with Gasteiger partial charge in [0.15, 0.2) is 0 Å². The van der Waals surface area contributed by atoms with Gasteiger partial charge in [-0.3, -0.25) is 0 Å². The molecule has 0 unspecified atom stereocenters. The molecule has 0 aromatic heterocycles. The Labute approximate surface area is 135 Å². The fourth-order valence-electron chi connectivity index (χ4n) is 2.71. The van der Waals surface area contributed by atoms with Crippen molar-refractivity contribution in [2.45, 2.75) is 26.7 Å². The molecule has 3 nitrogen and oxygen atoms in total. The Balaban J connectivity index is 2.15. The van der Waals surface area contributed by atoms with Crippen LogP contribution in [0.3, 0.4) is 0 Å². The van der Waals surface area contributed by atoms with Gasteiger partial charge in [-0.2, -0.15) is 0 Å². The van der Waals surface area contributed by atoms with Crippen molar-refractivity contribution >= 4 is 27.7 Å². The number of carbonyl (C=O) groups is 1. The number of hydrogen-bond donors (Lipinski definition) is 0. The summed E-state index contributed by atoms with van der Waals surface area (Å²) >= 11 is 0. The SMILES string of the molecule is CCCOC(=O)Oc1c2ccccc2cc2cc(CC)ccc12. The third kappa shape index (κ3) is 3.14. The fourth-order valence-corrected chi connectivity index (χ4v) is 2.71. The maximum Gasteiger partial charge on any atom is 0.513 e. The Morgan fingerprint density at radius 3 is 2.52 bits per heavy atom.